The summed E-state index contributed by atoms with van der Waals surface area (Å²) in [6, 6.07) is 1.43. The van der Waals surface area contributed by atoms with Gasteiger partial charge >= 0.3 is 0 Å². The van der Waals surface area contributed by atoms with Crippen molar-refractivity contribution >= 4 is 13.5 Å². The molecule has 4 N–H and O–H groups in total. The maximum Gasteiger partial charge on any atom is 0.127 e. The standard InChI is InChI=1S/C35H49FN3P/c1-10-21(3)33-26(20-40-14-12-13-15-40)17-30(36)28-18-31(38)29(23(5)34(28)33)19-35(39(8)9)24(6)32(25(7)37)22(4)16-27(35)11-2/h10,17,19,21,27,31H,1,5-7,11-16,18,20,37-38H2,2-4,8-9H3/b29-19-. The molecular weight excluding hydrogens is 512 g/mol. The first-order chi connectivity index (χ1) is 18.9. The van der Waals surface area contributed by atoms with Crippen LogP contribution < -0.4 is 11.5 Å². The summed E-state index contributed by atoms with van der Waals surface area (Å²) in [6.07, 6.45) is 12.7. The predicted octanol–water partition coefficient (Wildman–Crippen LogP) is 7.79. The molecule has 1 aliphatic heterocycles. The molecule has 4 unspecified atom stereocenters. The van der Waals surface area contributed by atoms with Crippen LogP contribution in [-0.2, 0) is 12.6 Å². The zero-order valence-corrected chi connectivity index (χ0v) is 26.3. The van der Waals surface area contributed by atoms with Gasteiger partial charge in [0, 0.05) is 17.3 Å². The molecule has 4 atom stereocenters. The van der Waals surface area contributed by atoms with E-state index in [0.29, 0.717) is 17.7 Å². The van der Waals surface area contributed by atoms with Crippen molar-refractivity contribution in [1.82, 2.24) is 4.90 Å². The van der Waals surface area contributed by atoms with Gasteiger partial charge in [-0.25, -0.2) is 4.39 Å². The van der Waals surface area contributed by atoms with Crippen LogP contribution in [-0.4, -0.2) is 42.9 Å². The number of hydrogen-bond donors (Lipinski definition) is 2. The highest BCUT2D eigenvalue weighted by molar-refractivity contribution is 7.57. The van der Waals surface area contributed by atoms with Gasteiger partial charge in [0.15, 0.2) is 0 Å². The minimum Gasteiger partial charge on any atom is -0.399 e. The second-order valence-corrected chi connectivity index (χ2v) is 14.9. The fraction of sp³-hybridized carbons (Fsp3) is 0.486. The van der Waals surface area contributed by atoms with Crippen LogP contribution in [0.3, 0.4) is 0 Å². The lowest BCUT2D eigenvalue weighted by Crippen LogP contribution is -2.53. The van der Waals surface area contributed by atoms with E-state index in [1.165, 1.54) is 36.3 Å². The molecule has 0 bridgehead atoms. The Morgan fingerprint density at radius 2 is 1.90 bits per heavy atom. The van der Waals surface area contributed by atoms with E-state index in [1.807, 2.05) is 6.08 Å². The number of halogens is 1. The average molecular weight is 562 g/mol. The van der Waals surface area contributed by atoms with Crippen molar-refractivity contribution in [1.29, 1.82) is 0 Å². The molecule has 1 aromatic carbocycles. The number of allylic oxidation sites excluding steroid dienone is 3. The van der Waals surface area contributed by atoms with E-state index in [1.54, 1.807) is 6.07 Å². The molecule has 1 aromatic rings. The summed E-state index contributed by atoms with van der Waals surface area (Å²) in [5, 5.41) is 0. The van der Waals surface area contributed by atoms with Gasteiger partial charge in [-0.2, -0.15) is 0 Å². The average Bonchev–Trinajstić information content (AvgIpc) is 3.40. The Kier molecular flexibility index (Phi) is 9.15. The molecule has 40 heavy (non-hydrogen) atoms. The second-order valence-electron chi connectivity index (χ2n) is 12.4. The van der Waals surface area contributed by atoms with E-state index in [2.05, 4.69) is 72.2 Å². The number of fused-ring (bicyclic) bond motifs is 1. The van der Waals surface area contributed by atoms with E-state index >= 15 is 4.39 Å². The molecule has 3 aliphatic rings. The lowest BCUT2D eigenvalue weighted by molar-refractivity contribution is 0.154. The number of rotatable bonds is 8. The third-order valence-electron chi connectivity index (χ3n) is 9.70. The molecular formula is C35H49FN3P. The molecule has 216 valence electrons. The van der Waals surface area contributed by atoms with Gasteiger partial charge in [-0.1, -0.05) is 57.7 Å². The predicted molar refractivity (Wildman–Crippen MR) is 173 cm³/mol. The molecule has 4 rings (SSSR count). The first kappa shape index (κ1) is 30.7. The monoisotopic (exact) mass is 561 g/mol. The number of benzene rings is 1. The summed E-state index contributed by atoms with van der Waals surface area (Å²) < 4.78 is 15.9. The summed E-state index contributed by atoms with van der Waals surface area (Å²) in [7, 11) is 4.09. The van der Waals surface area contributed by atoms with Crippen molar-refractivity contribution in [3.05, 3.63) is 101 Å². The Morgan fingerprint density at radius 3 is 2.45 bits per heavy atom. The maximum absolute atomic E-state index is 15.9. The number of nitrogens with zero attached hydrogens (tertiary/aromatic N) is 1. The third kappa shape index (κ3) is 5.13. The summed E-state index contributed by atoms with van der Waals surface area (Å²) in [5.41, 5.74) is 22.1. The van der Waals surface area contributed by atoms with Gasteiger partial charge in [0.1, 0.15) is 5.82 Å². The Bertz CT molecular complexity index is 1300. The SMILES string of the molecule is C=CC(C)c1c(CP2CCCC2)cc(F)c2c1C(=C)/C(=C/C1(N(C)C)C(=C)C(C(=C)N)=C(C)CC1CC)C(N)C2. The first-order valence-electron chi connectivity index (χ1n) is 14.8. The quantitative estimate of drug-likeness (QED) is 0.252. The zero-order valence-electron chi connectivity index (χ0n) is 25.4. The topological polar surface area (TPSA) is 55.3 Å². The highest BCUT2D eigenvalue weighted by atomic mass is 31.1. The van der Waals surface area contributed by atoms with Crippen molar-refractivity contribution in [2.45, 2.75) is 76.5 Å². The van der Waals surface area contributed by atoms with E-state index < -0.39 is 5.54 Å². The first-order valence-corrected chi connectivity index (χ1v) is 16.7. The van der Waals surface area contributed by atoms with Crippen LogP contribution in [0.4, 0.5) is 4.39 Å². The molecule has 1 saturated heterocycles. The van der Waals surface area contributed by atoms with Gasteiger partial charge in [0.05, 0.1) is 5.54 Å². The van der Waals surface area contributed by atoms with Crippen molar-refractivity contribution in [2.75, 3.05) is 26.4 Å². The Morgan fingerprint density at radius 1 is 1.25 bits per heavy atom. The largest absolute Gasteiger partial charge is 0.399 e. The summed E-state index contributed by atoms with van der Waals surface area (Å²) >= 11 is 0. The summed E-state index contributed by atoms with van der Waals surface area (Å²) in [6.45, 7) is 24.0. The summed E-state index contributed by atoms with van der Waals surface area (Å²) in [5.74, 6) is 0.209. The molecule has 2 aliphatic carbocycles. The molecule has 0 amide bonds. The molecule has 3 nitrogen and oxygen atoms in total. The fourth-order valence-electron chi connectivity index (χ4n) is 7.61. The smallest absolute Gasteiger partial charge is 0.127 e. The zero-order chi connectivity index (χ0) is 29.5. The minimum absolute atomic E-state index is 0.0860. The highest BCUT2D eigenvalue weighted by Gasteiger charge is 2.47. The number of hydrogen-bond acceptors (Lipinski definition) is 3. The second kappa shape index (κ2) is 11.9. The van der Waals surface area contributed by atoms with Crippen LogP contribution in [0.2, 0.25) is 0 Å². The fourth-order valence-corrected chi connectivity index (χ4v) is 10.2. The van der Waals surface area contributed by atoms with E-state index in [0.717, 1.165) is 52.4 Å². The normalized spacial score (nSPS) is 27.4. The van der Waals surface area contributed by atoms with Crippen LogP contribution in [0.1, 0.15) is 74.6 Å². The van der Waals surface area contributed by atoms with Crippen LogP contribution in [0, 0.1) is 11.7 Å². The summed E-state index contributed by atoms with van der Waals surface area (Å²) in [4.78, 5) is 2.24. The lowest BCUT2D eigenvalue weighted by Gasteiger charge is -2.50. The Hall–Kier alpha value is -2.26. The lowest BCUT2D eigenvalue weighted by atomic mass is 9.63. The Balaban J connectivity index is 1.94. The van der Waals surface area contributed by atoms with Crippen LogP contribution in [0.25, 0.3) is 5.57 Å². The van der Waals surface area contributed by atoms with E-state index in [9.17, 15) is 0 Å². The van der Waals surface area contributed by atoms with E-state index in [-0.39, 0.29) is 31.6 Å². The molecule has 0 saturated carbocycles. The van der Waals surface area contributed by atoms with Crippen molar-refractivity contribution in [3.8, 4) is 0 Å². The van der Waals surface area contributed by atoms with Gasteiger partial charge in [-0.05, 0) is 122 Å². The van der Waals surface area contributed by atoms with Crippen molar-refractivity contribution in [3.63, 3.8) is 0 Å². The highest BCUT2D eigenvalue weighted by Crippen LogP contribution is 2.52. The molecule has 5 heteroatoms. The van der Waals surface area contributed by atoms with Gasteiger partial charge in [-0.3, -0.25) is 4.90 Å². The third-order valence-corrected chi connectivity index (χ3v) is 12.4. The molecule has 1 fully saturated rings. The molecule has 1 heterocycles. The van der Waals surface area contributed by atoms with Crippen molar-refractivity contribution in [2.24, 2.45) is 17.4 Å². The van der Waals surface area contributed by atoms with Gasteiger partial charge < -0.3 is 11.5 Å². The molecule has 0 aromatic heterocycles. The maximum atomic E-state index is 15.9. The van der Waals surface area contributed by atoms with E-state index in [4.69, 9.17) is 11.5 Å². The Labute approximate surface area is 243 Å². The molecule has 0 radical (unpaired) electrons. The van der Waals surface area contributed by atoms with Crippen LogP contribution in [0.5, 0.6) is 0 Å². The number of nitrogens with two attached hydrogens (primary N) is 2. The number of likely N-dealkylation sites (N-methyl/N-ethyl adjacent to an activating group) is 1. The van der Waals surface area contributed by atoms with Gasteiger partial charge in [0.2, 0.25) is 0 Å². The molecule has 0 spiro atoms. The van der Waals surface area contributed by atoms with Crippen LogP contribution >= 0.6 is 7.92 Å². The van der Waals surface area contributed by atoms with Crippen molar-refractivity contribution < 1.29 is 4.39 Å². The van der Waals surface area contributed by atoms with Crippen LogP contribution in [0.15, 0.2) is 72.5 Å². The van der Waals surface area contributed by atoms with Gasteiger partial charge in [-0.15, -0.1) is 14.5 Å². The minimum atomic E-state index is -0.521. The van der Waals surface area contributed by atoms with Gasteiger partial charge in [0.25, 0.3) is 0 Å².